The molecule has 0 radical (unpaired) electrons. The van der Waals surface area contributed by atoms with E-state index in [0.717, 1.165) is 18.5 Å². The zero-order valence-corrected chi connectivity index (χ0v) is 12.1. The number of ether oxygens (including phenoxy) is 1. The fourth-order valence-corrected chi connectivity index (χ4v) is 2.39. The van der Waals surface area contributed by atoms with Gasteiger partial charge in [0.25, 0.3) is 0 Å². The highest BCUT2D eigenvalue weighted by molar-refractivity contribution is 5.99. The summed E-state index contributed by atoms with van der Waals surface area (Å²) in [5, 5.41) is 6.12. The molecule has 0 saturated carbocycles. The third kappa shape index (κ3) is 2.67. The Morgan fingerprint density at radius 2 is 2.15 bits per heavy atom. The van der Waals surface area contributed by atoms with E-state index in [1.807, 2.05) is 6.92 Å². The van der Waals surface area contributed by atoms with Crippen molar-refractivity contribution in [3.8, 4) is 0 Å². The molecule has 5 nitrogen and oxygen atoms in total. The highest BCUT2D eigenvalue weighted by atomic mass is 16.5. The van der Waals surface area contributed by atoms with Crippen LogP contribution in [0, 0.1) is 12.3 Å². The van der Waals surface area contributed by atoms with Crippen LogP contribution < -0.4 is 10.6 Å². The number of benzene rings is 1. The third-order valence-corrected chi connectivity index (χ3v) is 3.90. The van der Waals surface area contributed by atoms with Crippen molar-refractivity contribution in [3.05, 3.63) is 29.3 Å². The van der Waals surface area contributed by atoms with Crippen LogP contribution in [-0.4, -0.2) is 32.1 Å². The molecule has 108 valence electrons. The van der Waals surface area contributed by atoms with E-state index in [9.17, 15) is 9.59 Å². The van der Waals surface area contributed by atoms with Gasteiger partial charge in [-0.05, 0) is 44.5 Å². The Balaban J connectivity index is 2.22. The van der Waals surface area contributed by atoms with Gasteiger partial charge in [0.2, 0.25) is 5.91 Å². The molecule has 1 unspecified atom stereocenters. The third-order valence-electron chi connectivity index (χ3n) is 3.90. The van der Waals surface area contributed by atoms with E-state index < -0.39 is 11.4 Å². The highest BCUT2D eigenvalue weighted by Crippen LogP contribution is 2.28. The number of hydrogen-bond acceptors (Lipinski definition) is 4. The standard InChI is InChI=1S/C15H20N2O3/c1-10-11(13(18)20-3)5-4-6-12(10)17-14(19)15(2)7-8-16-9-15/h4-6,16H,7-9H2,1-3H3,(H,17,19). The van der Waals surface area contributed by atoms with Gasteiger partial charge in [-0.1, -0.05) is 6.07 Å². The molecule has 0 aliphatic carbocycles. The van der Waals surface area contributed by atoms with Crippen molar-refractivity contribution < 1.29 is 14.3 Å². The summed E-state index contributed by atoms with van der Waals surface area (Å²) >= 11 is 0. The van der Waals surface area contributed by atoms with Crippen LogP contribution in [0.5, 0.6) is 0 Å². The quantitative estimate of drug-likeness (QED) is 0.825. The van der Waals surface area contributed by atoms with Crippen LogP contribution in [0.4, 0.5) is 5.69 Å². The van der Waals surface area contributed by atoms with Crippen LogP contribution in [0.15, 0.2) is 18.2 Å². The summed E-state index contributed by atoms with van der Waals surface area (Å²) in [5.41, 5.74) is 1.46. The molecule has 1 aliphatic heterocycles. The normalized spacial score (nSPS) is 21.6. The predicted octanol–water partition coefficient (Wildman–Crippen LogP) is 1.72. The van der Waals surface area contributed by atoms with Crippen LogP contribution in [0.1, 0.15) is 29.3 Å². The Morgan fingerprint density at radius 3 is 2.75 bits per heavy atom. The Kier molecular flexibility index (Phi) is 4.09. The van der Waals surface area contributed by atoms with E-state index in [2.05, 4.69) is 10.6 Å². The second-order valence-electron chi connectivity index (χ2n) is 5.41. The maximum atomic E-state index is 12.4. The molecule has 1 aliphatic rings. The van der Waals surface area contributed by atoms with Gasteiger partial charge < -0.3 is 15.4 Å². The number of anilines is 1. The van der Waals surface area contributed by atoms with Crippen molar-refractivity contribution >= 4 is 17.6 Å². The van der Waals surface area contributed by atoms with Gasteiger partial charge >= 0.3 is 5.97 Å². The van der Waals surface area contributed by atoms with Gasteiger partial charge in [-0.3, -0.25) is 4.79 Å². The topological polar surface area (TPSA) is 67.4 Å². The van der Waals surface area contributed by atoms with Crippen LogP contribution in [0.3, 0.4) is 0 Å². The first-order valence-corrected chi connectivity index (χ1v) is 6.68. The van der Waals surface area contributed by atoms with E-state index in [4.69, 9.17) is 4.74 Å². The van der Waals surface area contributed by atoms with Crippen molar-refractivity contribution in [3.63, 3.8) is 0 Å². The fourth-order valence-electron chi connectivity index (χ4n) is 2.39. The molecule has 0 spiro atoms. The van der Waals surface area contributed by atoms with E-state index in [1.54, 1.807) is 25.1 Å². The Morgan fingerprint density at radius 1 is 1.40 bits per heavy atom. The van der Waals surface area contributed by atoms with Gasteiger partial charge in [0.05, 0.1) is 18.1 Å². The summed E-state index contributed by atoms with van der Waals surface area (Å²) in [7, 11) is 1.35. The summed E-state index contributed by atoms with van der Waals surface area (Å²) in [6.45, 7) is 5.28. The molecule has 2 N–H and O–H groups in total. The minimum atomic E-state index is -0.396. The second kappa shape index (κ2) is 5.63. The number of rotatable bonds is 3. The molecule has 5 heteroatoms. The lowest BCUT2D eigenvalue weighted by atomic mass is 9.88. The van der Waals surface area contributed by atoms with Gasteiger partial charge in [0.15, 0.2) is 0 Å². The molecule has 0 aromatic heterocycles. The number of hydrogen-bond donors (Lipinski definition) is 2. The van der Waals surface area contributed by atoms with Crippen molar-refractivity contribution in [2.75, 3.05) is 25.5 Å². The number of esters is 1. The van der Waals surface area contributed by atoms with Gasteiger partial charge in [0, 0.05) is 12.2 Å². The van der Waals surface area contributed by atoms with Gasteiger partial charge in [-0.15, -0.1) is 0 Å². The first-order valence-electron chi connectivity index (χ1n) is 6.68. The van der Waals surface area contributed by atoms with Gasteiger partial charge in [-0.2, -0.15) is 0 Å². The maximum absolute atomic E-state index is 12.4. The monoisotopic (exact) mass is 276 g/mol. The smallest absolute Gasteiger partial charge is 0.338 e. The summed E-state index contributed by atoms with van der Waals surface area (Å²) in [6.07, 6.45) is 0.814. The Labute approximate surface area is 118 Å². The molecule has 1 amide bonds. The van der Waals surface area contributed by atoms with E-state index in [-0.39, 0.29) is 5.91 Å². The first-order chi connectivity index (χ1) is 9.48. The molecule has 0 bridgehead atoms. The van der Waals surface area contributed by atoms with E-state index in [0.29, 0.717) is 17.8 Å². The molecule has 2 rings (SSSR count). The minimum absolute atomic E-state index is 0.0207. The van der Waals surface area contributed by atoms with E-state index >= 15 is 0 Å². The Bertz CT molecular complexity index is 534. The van der Waals surface area contributed by atoms with Crippen LogP contribution in [-0.2, 0) is 9.53 Å². The average Bonchev–Trinajstić information content (AvgIpc) is 2.88. The molecule has 1 saturated heterocycles. The van der Waals surface area contributed by atoms with Crippen molar-refractivity contribution in [2.45, 2.75) is 20.3 Å². The first kappa shape index (κ1) is 14.5. The molecular weight excluding hydrogens is 256 g/mol. The lowest BCUT2D eigenvalue weighted by molar-refractivity contribution is -0.123. The number of carbonyl (C=O) groups is 2. The van der Waals surface area contributed by atoms with Crippen molar-refractivity contribution in [1.82, 2.24) is 5.32 Å². The van der Waals surface area contributed by atoms with Crippen LogP contribution in [0.2, 0.25) is 0 Å². The lowest BCUT2D eigenvalue weighted by Gasteiger charge is -2.22. The fraction of sp³-hybridized carbons (Fsp3) is 0.467. The molecule has 20 heavy (non-hydrogen) atoms. The molecule has 1 fully saturated rings. The molecule has 1 heterocycles. The summed E-state index contributed by atoms with van der Waals surface area (Å²) in [5.74, 6) is -0.417. The van der Waals surface area contributed by atoms with E-state index in [1.165, 1.54) is 7.11 Å². The van der Waals surface area contributed by atoms with Crippen molar-refractivity contribution in [2.24, 2.45) is 5.41 Å². The summed E-state index contributed by atoms with van der Waals surface area (Å²) in [6, 6.07) is 5.23. The molecular formula is C15H20N2O3. The number of carbonyl (C=O) groups excluding carboxylic acids is 2. The van der Waals surface area contributed by atoms with Crippen LogP contribution >= 0.6 is 0 Å². The number of amides is 1. The van der Waals surface area contributed by atoms with Gasteiger partial charge in [0.1, 0.15) is 0 Å². The lowest BCUT2D eigenvalue weighted by Crippen LogP contribution is -2.35. The molecule has 1 aromatic rings. The van der Waals surface area contributed by atoms with Crippen LogP contribution in [0.25, 0.3) is 0 Å². The van der Waals surface area contributed by atoms with Gasteiger partial charge in [-0.25, -0.2) is 4.79 Å². The zero-order chi connectivity index (χ0) is 14.8. The number of methoxy groups -OCH3 is 1. The Hall–Kier alpha value is -1.88. The predicted molar refractivity (Wildman–Crippen MR) is 76.7 cm³/mol. The molecule has 1 atom stereocenters. The second-order valence-corrected chi connectivity index (χ2v) is 5.41. The highest BCUT2D eigenvalue weighted by Gasteiger charge is 2.36. The van der Waals surface area contributed by atoms with Crippen molar-refractivity contribution in [1.29, 1.82) is 0 Å². The number of nitrogens with one attached hydrogen (secondary N) is 2. The SMILES string of the molecule is COC(=O)c1cccc(NC(=O)C2(C)CCNC2)c1C. The maximum Gasteiger partial charge on any atom is 0.338 e. The minimum Gasteiger partial charge on any atom is -0.465 e. The molecule has 1 aromatic carbocycles. The summed E-state index contributed by atoms with van der Waals surface area (Å²) in [4.78, 5) is 24.0. The summed E-state index contributed by atoms with van der Waals surface area (Å²) < 4.78 is 4.74. The zero-order valence-electron chi connectivity index (χ0n) is 12.1. The average molecular weight is 276 g/mol. The largest absolute Gasteiger partial charge is 0.465 e.